The molecule has 0 fully saturated rings. The number of fused-ring (bicyclic) bond motifs is 2. The summed E-state index contributed by atoms with van der Waals surface area (Å²) in [5, 5.41) is 28.1. The van der Waals surface area contributed by atoms with Crippen LogP contribution in [0.3, 0.4) is 0 Å². The summed E-state index contributed by atoms with van der Waals surface area (Å²) in [6.07, 6.45) is 2.84. The van der Waals surface area contributed by atoms with E-state index >= 15 is 0 Å². The van der Waals surface area contributed by atoms with E-state index in [0.29, 0.717) is 23.1 Å². The number of aryl methyl sites for hydroxylation is 2. The van der Waals surface area contributed by atoms with Crippen molar-refractivity contribution in [3.63, 3.8) is 0 Å². The molecule has 0 radical (unpaired) electrons. The van der Waals surface area contributed by atoms with E-state index < -0.39 is 11.2 Å². The van der Waals surface area contributed by atoms with Gasteiger partial charge in [-0.3, -0.25) is 0 Å². The van der Waals surface area contributed by atoms with Gasteiger partial charge in [0.2, 0.25) is 0 Å². The van der Waals surface area contributed by atoms with Gasteiger partial charge in [-0.05, 0) is 135 Å². The number of rotatable bonds is 16. The van der Waals surface area contributed by atoms with Crippen molar-refractivity contribution in [1.82, 2.24) is 19.8 Å². The van der Waals surface area contributed by atoms with Crippen molar-refractivity contribution in [2.24, 2.45) is 0 Å². The molecule has 2 N–H and O–H groups in total. The van der Waals surface area contributed by atoms with Gasteiger partial charge >= 0.3 is 0 Å². The Morgan fingerprint density at radius 2 is 0.788 bits per heavy atom. The van der Waals surface area contributed by atoms with Gasteiger partial charge in [0.1, 0.15) is 21.5 Å². The lowest BCUT2D eigenvalue weighted by Gasteiger charge is -2.38. The van der Waals surface area contributed by atoms with E-state index in [1.807, 2.05) is 137 Å². The zero-order valence-electron chi connectivity index (χ0n) is 39.0. The van der Waals surface area contributed by atoms with Crippen molar-refractivity contribution in [2.75, 3.05) is 41.3 Å². The third-order valence-corrected chi connectivity index (χ3v) is 13.5. The monoisotopic (exact) mass is 916 g/mol. The molecule has 0 saturated heterocycles. The molecule has 4 atom stereocenters. The third-order valence-electron chi connectivity index (χ3n) is 12.8. The van der Waals surface area contributed by atoms with Crippen molar-refractivity contribution in [1.29, 1.82) is 0 Å². The van der Waals surface area contributed by atoms with Gasteiger partial charge in [0.25, 0.3) is 0 Å². The minimum absolute atomic E-state index is 0.244. The summed E-state index contributed by atoms with van der Waals surface area (Å²) in [5.41, 5.74) is 7.74. The molecule has 340 valence electrons. The molecule has 8 heteroatoms. The maximum atomic E-state index is 12.5. The molecule has 0 unspecified atom stereocenters. The van der Waals surface area contributed by atoms with E-state index in [2.05, 4.69) is 94.3 Å². The molecule has 2 aromatic heterocycles. The van der Waals surface area contributed by atoms with Crippen molar-refractivity contribution in [2.45, 2.75) is 62.6 Å². The van der Waals surface area contributed by atoms with Crippen LogP contribution >= 0.6 is 23.2 Å². The van der Waals surface area contributed by atoms with Crippen molar-refractivity contribution >= 4 is 45.0 Å². The highest BCUT2D eigenvalue weighted by Gasteiger charge is 2.42. The number of hydrogen-bond donors (Lipinski definition) is 2. The molecule has 0 amide bonds. The molecule has 0 aliphatic carbocycles. The van der Waals surface area contributed by atoms with Crippen LogP contribution in [0.5, 0.6) is 0 Å². The van der Waals surface area contributed by atoms with Crippen LogP contribution in [0.1, 0.15) is 83.0 Å². The number of nitrogens with zero attached hydrogens (tertiary/aromatic N) is 4. The number of hydrogen-bond acceptors (Lipinski definition) is 6. The third kappa shape index (κ3) is 11.0. The van der Waals surface area contributed by atoms with Crippen LogP contribution in [0, 0.1) is 0 Å². The van der Waals surface area contributed by atoms with Crippen LogP contribution in [-0.4, -0.2) is 71.3 Å². The zero-order chi connectivity index (χ0) is 46.8. The molecule has 0 aliphatic rings. The molecular formula is C58H62Cl2N4O2. The van der Waals surface area contributed by atoms with Gasteiger partial charge in [0.05, 0.1) is 11.0 Å². The first-order chi connectivity index (χ1) is 31.8. The van der Waals surface area contributed by atoms with Gasteiger partial charge in [0, 0.05) is 35.7 Å². The first-order valence-corrected chi connectivity index (χ1v) is 23.7. The van der Waals surface area contributed by atoms with Gasteiger partial charge in [-0.25, -0.2) is 9.97 Å². The van der Waals surface area contributed by atoms with Crippen molar-refractivity contribution in [3.05, 3.63) is 225 Å². The van der Waals surface area contributed by atoms with Gasteiger partial charge in [-0.15, -0.1) is 0 Å². The van der Waals surface area contributed by atoms with Crippen LogP contribution in [-0.2, 0) is 24.0 Å². The molecular weight excluding hydrogens is 856 g/mol. The van der Waals surface area contributed by atoms with Crippen LogP contribution < -0.4 is 0 Å². The molecule has 66 heavy (non-hydrogen) atoms. The summed E-state index contributed by atoms with van der Waals surface area (Å²) < 4.78 is 0. The molecule has 0 aliphatic heterocycles. The number of halogens is 2. The van der Waals surface area contributed by atoms with E-state index in [9.17, 15) is 10.2 Å². The van der Waals surface area contributed by atoms with Crippen molar-refractivity contribution < 1.29 is 10.2 Å². The van der Waals surface area contributed by atoms with Crippen LogP contribution in [0.4, 0.5) is 0 Å². The zero-order valence-corrected chi connectivity index (χ0v) is 40.5. The summed E-state index contributed by atoms with van der Waals surface area (Å²) in [7, 11) is 8.17. The van der Waals surface area contributed by atoms with Gasteiger partial charge in [-0.2, -0.15) is 0 Å². The van der Waals surface area contributed by atoms with E-state index in [1.165, 1.54) is 0 Å². The minimum atomic E-state index is -1.09. The second-order valence-electron chi connectivity index (χ2n) is 17.9. The Morgan fingerprint density at radius 3 is 1.11 bits per heavy atom. The minimum Gasteiger partial charge on any atom is -0.384 e. The largest absolute Gasteiger partial charge is 0.384 e. The quantitative estimate of drug-likeness (QED) is 0.0941. The lowest BCUT2D eigenvalue weighted by atomic mass is 9.71. The lowest BCUT2D eigenvalue weighted by molar-refractivity contribution is 0.00420. The highest BCUT2D eigenvalue weighted by atomic mass is 35.5. The van der Waals surface area contributed by atoms with E-state index in [1.54, 1.807) is 0 Å². The first-order valence-electron chi connectivity index (χ1n) is 23.0. The topological polar surface area (TPSA) is 72.7 Å². The number of aromatic nitrogens is 2. The Hall–Kier alpha value is -5.44. The second-order valence-corrected chi connectivity index (χ2v) is 18.6. The highest BCUT2D eigenvalue weighted by molar-refractivity contribution is 6.31. The Balaban J connectivity index is 0.000000196. The number of aliphatic hydroxyl groups is 2. The summed E-state index contributed by atoms with van der Waals surface area (Å²) >= 11 is 12.7. The fraction of sp³-hybridized carbons (Fsp3) is 0.276. The number of benzene rings is 6. The number of pyridine rings is 2. The molecule has 8 rings (SSSR count). The molecule has 6 aromatic carbocycles. The normalized spacial score (nSPS) is 14.4. The van der Waals surface area contributed by atoms with Crippen LogP contribution in [0.15, 0.2) is 170 Å². The molecule has 2 heterocycles. The predicted molar refractivity (Wildman–Crippen MR) is 276 cm³/mol. The molecule has 6 nitrogen and oxygen atoms in total. The standard InChI is InChI=1S/2C29H31ClN2O/c2*1-4-21-19-24-20-23(15-16-26(24)31-28(21)30)27(22-11-7-5-8-12-22)29(33,17-18-32(2)3)25-13-9-6-10-14-25/h2*5-16,19-20,27,33H,4,17-18H2,1-3H3/t27-,29+;27-,29-/m00/s1. The fourth-order valence-corrected chi connectivity index (χ4v) is 9.78. The van der Waals surface area contributed by atoms with Crippen LogP contribution in [0.2, 0.25) is 10.3 Å². The molecule has 0 bridgehead atoms. The van der Waals surface area contributed by atoms with Gasteiger partial charge in [0.15, 0.2) is 0 Å². The smallest absolute Gasteiger partial charge is 0.132 e. The SMILES string of the molecule is CCc1cc2cc([C@H](c3ccccc3)[C@@](O)(CCN(C)C)c3ccccc3)ccc2nc1Cl.CCc1cc2cc([C@H](c3ccccc3)[C@](O)(CCN(C)C)c3ccccc3)ccc2nc1Cl. The van der Waals surface area contributed by atoms with Gasteiger partial charge in [-0.1, -0.05) is 171 Å². The fourth-order valence-electron chi connectivity index (χ4n) is 9.22. The first kappa shape index (κ1) is 48.5. The summed E-state index contributed by atoms with van der Waals surface area (Å²) in [4.78, 5) is 13.4. The van der Waals surface area contributed by atoms with E-state index in [4.69, 9.17) is 23.2 Å². The Bertz CT molecular complexity index is 2620. The Kier molecular flexibility index (Phi) is 16.1. The maximum absolute atomic E-state index is 12.5. The molecule has 0 spiro atoms. The summed E-state index contributed by atoms with van der Waals surface area (Å²) in [6, 6.07) is 57.5. The molecule has 8 aromatic rings. The highest BCUT2D eigenvalue weighted by Crippen LogP contribution is 2.46. The van der Waals surface area contributed by atoms with E-state index in [0.717, 1.165) is 92.2 Å². The predicted octanol–water partition coefficient (Wildman–Crippen LogP) is 12.8. The van der Waals surface area contributed by atoms with Crippen molar-refractivity contribution in [3.8, 4) is 0 Å². The van der Waals surface area contributed by atoms with Gasteiger partial charge < -0.3 is 20.0 Å². The maximum Gasteiger partial charge on any atom is 0.132 e. The van der Waals surface area contributed by atoms with E-state index in [-0.39, 0.29) is 11.8 Å². The molecule has 0 saturated carbocycles. The summed E-state index contributed by atoms with van der Waals surface area (Å²) in [6.45, 7) is 5.69. The summed E-state index contributed by atoms with van der Waals surface area (Å²) in [5.74, 6) is -0.489. The second kappa shape index (κ2) is 21.9. The average molecular weight is 918 g/mol. The Labute approximate surface area is 401 Å². The Morgan fingerprint density at radius 1 is 0.455 bits per heavy atom. The average Bonchev–Trinajstić information content (AvgIpc) is 3.34. The lowest BCUT2D eigenvalue weighted by Crippen LogP contribution is -2.37. The van der Waals surface area contributed by atoms with Crippen LogP contribution in [0.25, 0.3) is 21.8 Å².